The normalized spacial score (nSPS) is 11.7. The van der Waals surface area contributed by atoms with Crippen molar-refractivity contribution in [2.24, 2.45) is 5.16 Å². The first-order chi connectivity index (χ1) is 8.13. The summed E-state index contributed by atoms with van der Waals surface area (Å²) < 4.78 is 0. The molecule has 1 aromatic rings. The predicted molar refractivity (Wildman–Crippen MR) is 68.1 cm³/mol. The average molecular weight is 255 g/mol. The van der Waals surface area contributed by atoms with Gasteiger partial charge in [0.1, 0.15) is 0 Å². The van der Waals surface area contributed by atoms with Gasteiger partial charge in [-0.15, -0.1) is 11.3 Å². The highest BCUT2D eigenvalue weighted by Gasteiger charge is 2.03. The second-order valence-corrected chi connectivity index (χ2v) is 5.07. The molecular weight excluding hydrogens is 238 g/mol. The summed E-state index contributed by atoms with van der Waals surface area (Å²) in [6, 6.07) is 3.98. The first-order valence-corrected chi connectivity index (χ1v) is 6.44. The number of rotatable bonds is 7. The van der Waals surface area contributed by atoms with Gasteiger partial charge in [-0.2, -0.15) is 0 Å². The molecule has 1 heterocycles. The number of thiophene rings is 1. The molecule has 0 spiro atoms. The molecule has 1 aromatic heterocycles. The third-order valence-corrected chi connectivity index (χ3v) is 3.74. The quantitative estimate of drug-likeness (QED) is 0.340. The van der Waals surface area contributed by atoms with Gasteiger partial charge in [0.2, 0.25) is 0 Å². The van der Waals surface area contributed by atoms with Crippen molar-refractivity contribution in [3.63, 3.8) is 0 Å². The fraction of sp³-hybridized carbons (Fsp3) is 0.500. The second kappa shape index (κ2) is 7.06. The van der Waals surface area contributed by atoms with Crippen molar-refractivity contribution < 1.29 is 15.1 Å². The molecule has 0 aliphatic rings. The van der Waals surface area contributed by atoms with Crippen molar-refractivity contribution in [3.8, 4) is 0 Å². The molecule has 0 atom stereocenters. The van der Waals surface area contributed by atoms with Gasteiger partial charge in [0.15, 0.2) is 0 Å². The summed E-state index contributed by atoms with van der Waals surface area (Å²) in [6.07, 6.45) is 3.90. The summed E-state index contributed by atoms with van der Waals surface area (Å²) in [7, 11) is 0. The highest BCUT2D eigenvalue weighted by Crippen LogP contribution is 2.19. The van der Waals surface area contributed by atoms with Crippen LogP contribution in [0.1, 0.15) is 42.4 Å². The molecule has 0 unspecified atom stereocenters. The number of carbonyl (C=O) groups is 1. The Morgan fingerprint density at radius 2 is 2.12 bits per heavy atom. The van der Waals surface area contributed by atoms with E-state index in [0.29, 0.717) is 5.71 Å². The summed E-state index contributed by atoms with van der Waals surface area (Å²) in [5.41, 5.74) is 0.632. The minimum absolute atomic E-state index is 0.256. The van der Waals surface area contributed by atoms with Crippen LogP contribution in [0.5, 0.6) is 0 Å². The molecule has 0 aromatic carbocycles. The predicted octanol–water partition coefficient (Wildman–Crippen LogP) is 3.13. The smallest absolute Gasteiger partial charge is 0.303 e. The third kappa shape index (κ3) is 4.99. The highest BCUT2D eigenvalue weighted by molar-refractivity contribution is 7.14. The number of hydrogen-bond acceptors (Lipinski definition) is 4. The number of oxime groups is 1. The number of nitrogens with zero attached hydrogens (tertiary/aromatic N) is 1. The van der Waals surface area contributed by atoms with E-state index in [1.807, 2.05) is 12.1 Å². The maximum absolute atomic E-state index is 10.3. The molecule has 1 rings (SSSR count). The van der Waals surface area contributed by atoms with Gasteiger partial charge in [-0.1, -0.05) is 11.6 Å². The van der Waals surface area contributed by atoms with E-state index in [-0.39, 0.29) is 6.42 Å². The van der Waals surface area contributed by atoms with Gasteiger partial charge in [-0.05, 0) is 38.3 Å². The summed E-state index contributed by atoms with van der Waals surface area (Å²) in [5.74, 6) is -0.724. The summed E-state index contributed by atoms with van der Waals surface area (Å²) >= 11 is 1.62. The summed E-state index contributed by atoms with van der Waals surface area (Å²) in [5, 5.41) is 20.3. The highest BCUT2D eigenvalue weighted by atomic mass is 32.1. The van der Waals surface area contributed by atoms with E-state index >= 15 is 0 Å². The van der Waals surface area contributed by atoms with Crippen LogP contribution in [0, 0.1) is 0 Å². The Hall–Kier alpha value is -1.36. The molecule has 0 saturated carbocycles. The van der Waals surface area contributed by atoms with E-state index in [1.54, 1.807) is 18.3 Å². The lowest BCUT2D eigenvalue weighted by Crippen LogP contribution is -1.93. The van der Waals surface area contributed by atoms with Crippen molar-refractivity contribution in [1.29, 1.82) is 0 Å². The monoisotopic (exact) mass is 255 g/mol. The standard InChI is InChI=1S/C12H17NO3S/c1-9(13-16)11-8-7-10(17-11)5-3-2-4-6-12(14)15/h7-8,16H,2-6H2,1H3,(H,14,15)/b13-9+. The van der Waals surface area contributed by atoms with Crippen LogP contribution in [0.2, 0.25) is 0 Å². The van der Waals surface area contributed by atoms with Crippen LogP contribution in [0.25, 0.3) is 0 Å². The first kappa shape index (κ1) is 13.7. The van der Waals surface area contributed by atoms with Crippen LogP contribution in [0.3, 0.4) is 0 Å². The van der Waals surface area contributed by atoms with Crippen molar-refractivity contribution in [1.82, 2.24) is 0 Å². The van der Waals surface area contributed by atoms with Crippen LogP contribution in [-0.4, -0.2) is 22.0 Å². The second-order valence-electron chi connectivity index (χ2n) is 3.91. The van der Waals surface area contributed by atoms with Crippen molar-refractivity contribution in [3.05, 3.63) is 21.9 Å². The Morgan fingerprint density at radius 3 is 2.76 bits per heavy atom. The number of aryl methyl sites for hydroxylation is 1. The van der Waals surface area contributed by atoms with Crippen LogP contribution in [0.4, 0.5) is 0 Å². The summed E-state index contributed by atoms with van der Waals surface area (Å²) in [4.78, 5) is 12.5. The van der Waals surface area contributed by atoms with Crippen LogP contribution >= 0.6 is 11.3 Å². The Bertz CT molecular complexity index is 398. The van der Waals surface area contributed by atoms with Crippen LogP contribution in [-0.2, 0) is 11.2 Å². The Labute approximate surface area is 105 Å². The molecule has 0 bridgehead atoms. The number of carboxylic acids is 1. The average Bonchev–Trinajstić information content (AvgIpc) is 2.76. The van der Waals surface area contributed by atoms with Gasteiger partial charge in [0.25, 0.3) is 0 Å². The lowest BCUT2D eigenvalue weighted by Gasteiger charge is -1.97. The molecule has 5 heteroatoms. The van der Waals surface area contributed by atoms with E-state index in [4.69, 9.17) is 10.3 Å². The zero-order valence-electron chi connectivity index (χ0n) is 9.85. The maximum Gasteiger partial charge on any atom is 0.303 e. The van der Waals surface area contributed by atoms with Gasteiger partial charge < -0.3 is 10.3 Å². The lowest BCUT2D eigenvalue weighted by molar-refractivity contribution is -0.137. The van der Waals surface area contributed by atoms with Gasteiger partial charge in [-0.25, -0.2) is 0 Å². The van der Waals surface area contributed by atoms with Crippen LogP contribution in [0.15, 0.2) is 17.3 Å². The third-order valence-electron chi connectivity index (χ3n) is 2.48. The molecule has 2 N–H and O–H groups in total. The number of carboxylic acid groups (broad SMARTS) is 1. The largest absolute Gasteiger partial charge is 0.481 e. The molecule has 94 valence electrons. The number of aliphatic carboxylic acids is 1. The Balaban J connectivity index is 2.28. The molecule has 0 aliphatic carbocycles. The topological polar surface area (TPSA) is 69.9 Å². The van der Waals surface area contributed by atoms with Crippen molar-refractivity contribution >= 4 is 23.0 Å². The molecular formula is C12H17NO3S. The Morgan fingerprint density at radius 1 is 1.35 bits per heavy atom. The Kier molecular flexibility index (Phi) is 5.69. The van der Waals surface area contributed by atoms with E-state index in [2.05, 4.69) is 5.16 Å². The zero-order chi connectivity index (χ0) is 12.7. The van der Waals surface area contributed by atoms with Crippen LogP contribution < -0.4 is 0 Å². The molecule has 0 fully saturated rings. The van der Waals surface area contributed by atoms with E-state index in [9.17, 15) is 4.79 Å². The maximum atomic E-state index is 10.3. The fourth-order valence-corrected chi connectivity index (χ4v) is 2.50. The van der Waals surface area contributed by atoms with Gasteiger partial charge >= 0.3 is 5.97 Å². The van der Waals surface area contributed by atoms with Crippen molar-refractivity contribution in [2.45, 2.75) is 39.0 Å². The van der Waals surface area contributed by atoms with E-state index in [0.717, 1.165) is 30.6 Å². The number of hydrogen-bond donors (Lipinski definition) is 2. The minimum atomic E-state index is -0.724. The fourth-order valence-electron chi connectivity index (χ4n) is 1.51. The SMILES string of the molecule is C/C(=N\O)c1ccc(CCCCCC(=O)O)s1. The molecule has 0 radical (unpaired) electrons. The number of unbranched alkanes of at least 4 members (excludes halogenated alkanes) is 2. The van der Waals surface area contributed by atoms with E-state index < -0.39 is 5.97 Å². The molecule has 4 nitrogen and oxygen atoms in total. The van der Waals surface area contributed by atoms with Gasteiger partial charge in [-0.3, -0.25) is 4.79 Å². The molecule has 0 saturated heterocycles. The van der Waals surface area contributed by atoms with Gasteiger partial charge in [0, 0.05) is 11.3 Å². The minimum Gasteiger partial charge on any atom is -0.481 e. The molecule has 0 amide bonds. The van der Waals surface area contributed by atoms with Gasteiger partial charge in [0.05, 0.1) is 10.6 Å². The van der Waals surface area contributed by atoms with Crippen molar-refractivity contribution in [2.75, 3.05) is 0 Å². The molecule has 17 heavy (non-hydrogen) atoms. The lowest BCUT2D eigenvalue weighted by atomic mass is 10.1. The molecule has 0 aliphatic heterocycles. The summed E-state index contributed by atoms with van der Waals surface area (Å²) in [6.45, 7) is 1.77. The zero-order valence-corrected chi connectivity index (χ0v) is 10.7. The first-order valence-electron chi connectivity index (χ1n) is 5.63. The van der Waals surface area contributed by atoms with E-state index in [1.165, 1.54) is 4.88 Å².